The van der Waals surface area contributed by atoms with Gasteiger partial charge >= 0.3 is 51.7 Å². The quantitative estimate of drug-likeness (QED) is 0.218. The summed E-state index contributed by atoms with van der Waals surface area (Å²) < 4.78 is 0. The standard InChI is InChI=1S/3C2H2N4S2.2In/c3*7-1-3-5-2(8)6-4-1;;/h3*(H,3,4,7)(H,5,6,8);;/q;;;2*+3/p-6. The Morgan fingerprint density at radius 2 is 0.346 bits per heavy atom. The van der Waals surface area contributed by atoms with Crippen LogP contribution >= 0.6 is 0 Å². The van der Waals surface area contributed by atoms with Gasteiger partial charge in [-0.1, -0.05) is 0 Å². The van der Waals surface area contributed by atoms with Crippen LogP contribution < -0.4 is 0 Å². The average molecular weight is 662 g/mol. The maximum absolute atomic E-state index is 4.48. The van der Waals surface area contributed by atoms with E-state index in [1.165, 1.54) is 0 Å². The van der Waals surface area contributed by atoms with Crippen molar-refractivity contribution in [2.75, 3.05) is 0 Å². The second kappa shape index (κ2) is 15.9. The third-order valence-corrected chi connectivity index (χ3v) is 2.31. The summed E-state index contributed by atoms with van der Waals surface area (Å²) in [5.74, 6) is 0. The minimum absolute atomic E-state index is 0. The SMILES string of the molecule is [In+3].[In+3].[S-]c1nnc([S-])nn1.[S-]c1nnc([S-])nn1.[S-]c1nnc([S-])nn1. The molecule has 0 aliphatic carbocycles. The minimum atomic E-state index is 0. The first-order valence-electron chi connectivity index (χ1n) is 5.11. The van der Waals surface area contributed by atoms with Crippen LogP contribution in [-0.2, 0) is 75.8 Å². The van der Waals surface area contributed by atoms with Crippen LogP contribution in [0.4, 0.5) is 0 Å². The van der Waals surface area contributed by atoms with Gasteiger partial charge in [-0.3, -0.25) is 0 Å². The second-order valence-electron chi connectivity index (χ2n) is 2.90. The van der Waals surface area contributed by atoms with Crippen molar-refractivity contribution < 1.29 is 0 Å². The van der Waals surface area contributed by atoms with Gasteiger partial charge in [0, 0.05) is 0 Å². The molecule has 126 valence electrons. The summed E-state index contributed by atoms with van der Waals surface area (Å²) >= 11 is 26.9. The fourth-order valence-corrected chi connectivity index (χ4v) is 1.12. The Hall–Kier alpha value is -0.120. The van der Waals surface area contributed by atoms with Gasteiger partial charge in [-0.2, -0.15) is 61.2 Å². The van der Waals surface area contributed by atoms with Crippen LogP contribution in [0.2, 0.25) is 0 Å². The summed E-state index contributed by atoms with van der Waals surface area (Å²) in [4.78, 5) is 0. The Kier molecular flexibility index (Phi) is 17.2. The fourth-order valence-electron chi connectivity index (χ4n) is 0.633. The smallest absolute Gasteiger partial charge is 0.736 e. The summed E-state index contributed by atoms with van der Waals surface area (Å²) in [6, 6.07) is 0. The van der Waals surface area contributed by atoms with Gasteiger partial charge in [-0.25, -0.2) is 0 Å². The third-order valence-electron chi connectivity index (χ3n) is 1.33. The molecule has 3 aromatic rings. The molecule has 12 nitrogen and oxygen atoms in total. The maximum atomic E-state index is 4.48. The van der Waals surface area contributed by atoms with E-state index in [-0.39, 0.29) is 82.6 Å². The van der Waals surface area contributed by atoms with E-state index in [9.17, 15) is 0 Å². The zero-order chi connectivity index (χ0) is 17.9. The zero-order valence-electron chi connectivity index (χ0n) is 12.0. The molecule has 3 aromatic heterocycles. The molecule has 0 N–H and O–H groups in total. The van der Waals surface area contributed by atoms with E-state index in [0.717, 1.165) is 0 Å². The molecule has 0 fully saturated rings. The molecule has 0 unspecified atom stereocenters. The van der Waals surface area contributed by atoms with Gasteiger partial charge in [-0.15, -0.1) is 0 Å². The molecule has 0 spiro atoms. The number of hydrogen-bond acceptors (Lipinski definition) is 18. The molecule has 0 bridgehead atoms. The molecular formula is C6In2N12S6. The van der Waals surface area contributed by atoms with Crippen molar-refractivity contribution >= 4 is 127 Å². The molecule has 0 saturated carbocycles. The van der Waals surface area contributed by atoms with Crippen molar-refractivity contribution in [1.29, 1.82) is 0 Å². The Morgan fingerprint density at radius 3 is 0.423 bits per heavy atom. The zero-order valence-corrected chi connectivity index (χ0v) is 23.5. The minimum Gasteiger partial charge on any atom is -0.736 e. The largest absolute Gasteiger partial charge is 3.00 e. The normalized spacial score (nSPS) is 8.31. The Morgan fingerprint density at radius 1 is 0.269 bits per heavy atom. The summed E-state index contributed by atoms with van der Waals surface area (Å²) in [7, 11) is 0. The Labute approximate surface area is 217 Å². The molecule has 26 heavy (non-hydrogen) atoms. The van der Waals surface area contributed by atoms with Crippen LogP contribution in [0.5, 0.6) is 0 Å². The van der Waals surface area contributed by atoms with Crippen molar-refractivity contribution in [3.63, 3.8) is 0 Å². The van der Waals surface area contributed by atoms with Crippen molar-refractivity contribution in [3.8, 4) is 0 Å². The Balaban J connectivity index is 0. The molecule has 0 radical (unpaired) electrons. The van der Waals surface area contributed by atoms with Crippen molar-refractivity contribution in [2.45, 2.75) is 30.9 Å². The van der Waals surface area contributed by atoms with Gasteiger partial charge in [-0.05, 0) is 0 Å². The van der Waals surface area contributed by atoms with E-state index in [0.29, 0.717) is 0 Å². The number of hydrogen-bond donors (Lipinski definition) is 0. The second-order valence-corrected chi connectivity index (χ2v) is 5.09. The first-order valence-corrected chi connectivity index (χ1v) is 7.56. The third kappa shape index (κ3) is 14.0. The molecule has 0 aliphatic heterocycles. The van der Waals surface area contributed by atoms with Crippen molar-refractivity contribution in [1.82, 2.24) is 61.2 Å². The first-order chi connectivity index (χ1) is 11.4. The van der Waals surface area contributed by atoms with Gasteiger partial charge < -0.3 is 75.8 Å². The molecule has 3 rings (SSSR count). The van der Waals surface area contributed by atoms with Crippen LogP contribution in [0.25, 0.3) is 0 Å². The van der Waals surface area contributed by atoms with Crippen LogP contribution in [0, 0.1) is 0 Å². The van der Waals surface area contributed by atoms with Gasteiger partial charge in [0.25, 0.3) is 0 Å². The van der Waals surface area contributed by atoms with E-state index in [4.69, 9.17) is 0 Å². The van der Waals surface area contributed by atoms with Gasteiger partial charge in [0.1, 0.15) is 0 Å². The van der Waals surface area contributed by atoms with Crippen LogP contribution in [0.1, 0.15) is 0 Å². The van der Waals surface area contributed by atoms with Gasteiger partial charge in [0.15, 0.2) is 0 Å². The topological polar surface area (TPSA) is 155 Å². The van der Waals surface area contributed by atoms with E-state index < -0.39 is 0 Å². The Bertz CT molecular complexity index is 566. The molecule has 0 aliphatic rings. The summed E-state index contributed by atoms with van der Waals surface area (Å²) in [5, 5.41) is 41.1. The molecular weight excluding hydrogens is 662 g/mol. The summed E-state index contributed by atoms with van der Waals surface area (Å²) in [6.07, 6.45) is 0. The van der Waals surface area contributed by atoms with Crippen LogP contribution in [0.15, 0.2) is 30.9 Å². The van der Waals surface area contributed by atoms with Crippen molar-refractivity contribution in [2.24, 2.45) is 0 Å². The number of aromatic nitrogens is 12. The van der Waals surface area contributed by atoms with E-state index >= 15 is 0 Å². The molecule has 0 amide bonds. The van der Waals surface area contributed by atoms with Crippen molar-refractivity contribution in [3.05, 3.63) is 0 Å². The van der Waals surface area contributed by atoms with Crippen LogP contribution in [0.3, 0.4) is 0 Å². The van der Waals surface area contributed by atoms with E-state index in [2.05, 4.69) is 137 Å². The molecule has 0 saturated heterocycles. The van der Waals surface area contributed by atoms with Crippen LogP contribution in [-0.4, -0.2) is 113 Å². The molecule has 0 aromatic carbocycles. The summed E-state index contributed by atoms with van der Waals surface area (Å²) in [5.41, 5.74) is 0. The summed E-state index contributed by atoms with van der Waals surface area (Å²) in [6.45, 7) is 0. The number of nitrogens with zero attached hydrogens (tertiary/aromatic N) is 12. The van der Waals surface area contributed by atoms with Gasteiger partial charge in [0.05, 0.1) is 30.9 Å². The molecule has 20 heteroatoms. The maximum Gasteiger partial charge on any atom is 3.00 e. The van der Waals surface area contributed by atoms with E-state index in [1.54, 1.807) is 0 Å². The number of rotatable bonds is 0. The van der Waals surface area contributed by atoms with E-state index in [1.807, 2.05) is 0 Å². The predicted octanol–water partition coefficient (Wildman–Crippen LogP) is -3.53. The first kappa shape index (κ1) is 28.1. The molecule has 0 atom stereocenters. The fraction of sp³-hybridized carbons (Fsp3) is 0. The predicted molar refractivity (Wildman–Crippen MR) is 98.2 cm³/mol. The monoisotopic (exact) mass is 662 g/mol. The average Bonchev–Trinajstić information content (AvgIpc) is 2.57. The van der Waals surface area contributed by atoms with Gasteiger partial charge in [0.2, 0.25) is 0 Å². The molecule has 3 heterocycles.